The SMILES string of the molecule is CCCC[P+](CCCC)(c1ccccc1)c1ccccc1.[I-]. The van der Waals surface area contributed by atoms with Crippen LogP contribution in [0.4, 0.5) is 0 Å². The molecule has 0 spiro atoms. The molecule has 2 aromatic rings. The summed E-state index contributed by atoms with van der Waals surface area (Å²) in [4.78, 5) is 0. The minimum absolute atomic E-state index is 0. The molecule has 0 bridgehead atoms. The summed E-state index contributed by atoms with van der Waals surface area (Å²) in [5.74, 6) is 0. The summed E-state index contributed by atoms with van der Waals surface area (Å²) in [5, 5.41) is 3.19. The Labute approximate surface area is 154 Å². The van der Waals surface area contributed by atoms with Gasteiger partial charge in [0.1, 0.15) is 0 Å². The first-order valence-electron chi connectivity index (χ1n) is 8.32. The second-order valence-electron chi connectivity index (χ2n) is 5.79. The highest BCUT2D eigenvalue weighted by atomic mass is 127. The lowest BCUT2D eigenvalue weighted by atomic mass is 10.4. The van der Waals surface area contributed by atoms with E-state index in [1.54, 1.807) is 10.6 Å². The van der Waals surface area contributed by atoms with Crippen LogP contribution >= 0.6 is 7.26 Å². The Kier molecular flexibility index (Phi) is 9.28. The van der Waals surface area contributed by atoms with E-state index < -0.39 is 7.26 Å². The molecule has 2 aromatic carbocycles. The molecule has 0 N–H and O–H groups in total. The van der Waals surface area contributed by atoms with E-state index in [1.807, 2.05) is 0 Å². The van der Waals surface area contributed by atoms with E-state index in [-0.39, 0.29) is 24.0 Å². The Hall–Kier alpha value is -0.400. The van der Waals surface area contributed by atoms with Gasteiger partial charge in [0.25, 0.3) is 0 Å². The molecule has 0 nitrogen and oxygen atoms in total. The maximum absolute atomic E-state index is 2.37. The van der Waals surface area contributed by atoms with Gasteiger partial charge in [0.05, 0.1) is 30.2 Å². The summed E-state index contributed by atoms with van der Waals surface area (Å²) < 4.78 is 0. The van der Waals surface area contributed by atoms with Crippen LogP contribution in [-0.4, -0.2) is 12.3 Å². The number of rotatable bonds is 8. The number of halogens is 1. The lowest BCUT2D eigenvalue weighted by Crippen LogP contribution is -3.00. The first-order chi connectivity index (χ1) is 10.3. The van der Waals surface area contributed by atoms with E-state index >= 15 is 0 Å². The number of hydrogen-bond donors (Lipinski definition) is 0. The van der Waals surface area contributed by atoms with Gasteiger partial charge >= 0.3 is 0 Å². The highest BCUT2D eigenvalue weighted by Crippen LogP contribution is 2.57. The number of unbranched alkanes of at least 4 members (excludes halogenated alkanes) is 2. The molecule has 0 fully saturated rings. The molecular weight excluding hydrogens is 398 g/mol. The van der Waals surface area contributed by atoms with Gasteiger partial charge in [-0.05, 0) is 37.1 Å². The van der Waals surface area contributed by atoms with Gasteiger partial charge in [-0.15, -0.1) is 0 Å². The predicted molar refractivity (Wildman–Crippen MR) is 98.6 cm³/mol. The zero-order valence-electron chi connectivity index (χ0n) is 13.8. The molecule has 0 amide bonds. The van der Waals surface area contributed by atoms with Gasteiger partial charge in [-0.1, -0.05) is 63.1 Å². The van der Waals surface area contributed by atoms with Crippen molar-refractivity contribution in [3.05, 3.63) is 60.7 Å². The second kappa shape index (κ2) is 10.4. The van der Waals surface area contributed by atoms with Gasteiger partial charge < -0.3 is 24.0 Å². The highest BCUT2D eigenvalue weighted by molar-refractivity contribution is 7.89. The first kappa shape index (κ1) is 19.6. The third-order valence-electron chi connectivity index (χ3n) is 4.29. The van der Waals surface area contributed by atoms with Crippen molar-refractivity contribution in [2.75, 3.05) is 12.3 Å². The van der Waals surface area contributed by atoms with Crippen molar-refractivity contribution in [3.8, 4) is 0 Å². The van der Waals surface area contributed by atoms with Gasteiger partial charge in [-0.2, -0.15) is 0 Å². The molecule has 22 heavy (non-hydrogen) atoms. The fourth-order valence-corrected chi connectivity index (χ4v) is 7.81. The zero-order chi connectivity index (χ0) is 15.0. The van der Waals surface area contributed by atoms with Crippen LogP contribution in [0, 0.1) is 0 Å². The summed E-state index contributed by atoms with van der Waals surface area (Å²) in [7, 11) is -1.23. The van der Waals surface area contributed by atoms with Crippen molar-refractivity contribution in [3.63, 3.8) is 0 Å². The average Bonchev–Trinajstić information content (AvgIpc) is 2.57. The van der Waals surface area contributed by atoms with E-state index in [4.69, 9.17) is 0 Å². The molecule has 0 heterocycles. The Morgan fingerprint density at radius 1 is 0.636 bits per heavy atom. The van der Waals surface area contributed by atoms with Gasteiger partial charge in [0, 0.05) is 0 Å². The summed E-state index contributed by atoms with van der Waals surface area (Å²) in [5.41, 5.74) is 0. The molecule has 0 aliphatic heterocycles. The molecule has 0 saturated heterocycles. The van der Waals surface area contributed by atoms with Gasteiger partial charge in [0.2, 0.25) is 0 Å². The Balaban J connectivity index is 0.00000242. The van der Waals surface area contributed by atoms with Gasteiger partial charge in [-0.25, -0.2) is 0 Å². The molecule has 2 rings (SSSR count). The predicted octanol–water partition coefficient (Wildman–Crippen LogP) is 2.26. The van der Waals surface area contributed by atoms with Crippen LogP contribution in [0.3, 0.4) is 0 Å². The van der Waals surface area contributed by atoms with Crippen molar-refractivity contribution in [2.24, 2.45) is 0 Å². The Bertz CT molecular complexity index is 460. The zero-order valence-corrected chi connectivity index (χ0v) is 16.9. The molecule has 0 aliphatic rings. The smallest absolute Gasteiger partial charge is 0.0991 e. The molecule has 0 atom stereocenters. The van der Waals surface area contributed by atoms with Crippen LogP contribution in [0.15, 0.2) is 60.7 Å². The van der Waals surface area contributed by atoms with E-state index in [2.05, 4.69) is 74.5 Å². The number of benzene rings is 2. The van der Waals surface area contributed by atoms with E-state index in [9.17, 15) is 0 Å². The number of hydrogen-bond acceptors (Lipinski definition) is 0. The quantitative estimate of drug-likeness (QED) is 0.449. The van der Waals surface area contributed by atoms with Crippen molar-refractivity contribution in [1.82, 2.24) is 0 Å². The average molecular weight is 426 g/mol. The van der Waals surface area contributed by atoms with Crippen LogP contribution in [0.2, 0.25) is 0 Å². The molecular formula is C20H28IP. The summed E-state index contributed by atoms with van der Waals surface area (Å²) in [6.07, 6.45) is 7.96. The topological polar surface area (TPSA) is 0 Å². The molecule has 2 heteroatoms. The molecule has 0 aromatic heterocycles. The second-order valence-corrected chi connectivity index (χ2v) is 9.66. The van der Waals surface area contributed by atoms with Crippen LogP contribution in [0.25, 0.3) is 0 Å². The first-order valence-corrected chi connectivity index (χ1v) is 10.5. The lowest BCUT2D eigenvalue weighted by Gasteiger charge is -2.27. The van der Waals surface area contributed by atoms with E-state index in [0.717, 1.165) is 0 Å². The van der Waals surface area contributed by atoms with Gasteiger partial charge in [0.15, 0.2) is 0 Å². The van der Waals surface area contributed by atoms with Crippen LogP contribution in [0.1, 0.15) is 39.5 Å². The molecule has 0 saturated carbocycles. The fraction of sp³-hybridized carbons (Fsp3) is 0.400. The normalized spacial score (nSPS) is 11.0. The minimum Gasteiger partial charge on any atom is -1.00 e. The van der Waals surface area contributed by atoms with Crippen LogP contribution in [0.5, 0.6) is 0 Å². The van der Waals surface area contributed by atoms with Crippen molar-refractivity contribution >= 4 is 17.9 Å². The largest absolute Gasteiger partial charge is 1.00 e. The molecule has 0 aliphatic carbocycles. The summed E-state index contributed by atoms with van der Waals surface area (Å²) in [6, 6.07) is 22.6. The van der Waals surface area contributed by atoms with Crippen LogP contribution < -0.4 is 34.6 Å². The minimum atomic E-state index is -1.23. The van der Waals surface area contributed by atoms with Crippen molar-refractivity contribution in [1.29, 1.82) is 0 Å². The maximum atomic E-state index is 2.37. The Morgan fingerprint density at radius 3 is 1.32 bits per heavy atom. The van der Waals surface area contributed by atoms with E-state index in [0.29, 0.717) is 0 Å². The third-order valence-corrected chi connectivity index (χ3v) is 9.02. The molecule has 120 valence electrons. The summed E-state index contributed by atoms with van der Waals surface area (Å²) >= 11 is 0. The van der Waals surface area contributed by atoms with Crippen molar-refractivity contribution in [2.45, 2.75) is 39.5 Å². The Morgan fingerprint density at radius 2 is 1.00 bits per heavy atom. The fourth-order valence-electron chi connectivity index (χ4n) is 3.06. The van der Waals surface area contributed by atoms with Crippen molar-refractivity contribution < 1.29 is 24.0 Å². The standard InChI is InChI=1S/C20H28P.HI/c1-3-5-17-21(18-6-4-2,19-13-9-7-10-14-19)20-15-11-8-12-16-20;/h7-16H,3-6,17-18H2,1-2H3;1H/q+1;/p-1. The lowest BCUT2D eigenvalue weighted by molar-refractivity contribution is -0.00000437. The maximum Gasteiger partial charge on any atom is 0.0991 e. The highest BCUT2D eigenvalue weighted by Gasteiger charge is 2.40. The molecule has 0 radical (unpaired) electrons. The van der Waals surface area contributed by atoms with E-state index in [1.165, 1.54) is 38.0 Å². The monoisotopic (exact) mass is 426 g/mol. The third kappa shape index (κ3) is 4.80. The summed E-state index contributed by atoms with van der Waals surface area (Å²) in [6.45, 7) is 4.62. The molecule has 0 unspecified atom stereocenters. The van der Waals surface area contributed by atoms with Gasteiger partial charge in [-0.3, -0.25) is 0 Å². The van der Waals surface area contributed by atoms with Crippen LogP contribution in [-0.2, 0) is 0 Å².